The van der Waals surface area contributed by atoms with Crippen molar-refractivity contribution in [3.05, 3.63) is 121 Å². The van der Waals surface area contributed by atoms with Crippen LogP contribution in [0.4, 0.5) is 0 Å². The smallest absolute Gasteiger partial charge is 0.170 e. The van der Waals surface area contributed by atoms with E-state index in [1.54, 1.807) is 0 Å². The average molecular weight is 493 g/mol. The van der Waals surface area contributed by atoms with Crippen molar-refractivity contribution < 1.29 is 9.47 Å². The Morgan fingerprint density at radius 2 is 0.868 bits per heavy atom. The molecule has 0 spiro atoms. The molecule has 2 nitrogen and oxygen atoms in total. The molecule has 2 heteroatoms. The number of para-hydroxylation sites is 2. The summed E-state index contributed by atoms with van der Waals surface area (Å²) in [6.07, 6.45) is 0. The van der Waals surface area contributed by atoms with Gasteiger partial charge in [0.2, 0.25) is 0 Å². The molecule has 0 fully saturated rings. The first-order chi connectivity index (χ1) is 18.5. The molecular formula is C36H28O2. The highest BCUT2D eigenvalue weighted by Crippen LogP contribution is 2.47. The van der Waals surface area contributed by atoms with Crippen molar-refractivity contribution in [1.29, 1.82) is 0 Å². The Bertz CT molecular complexity index is 1780. The van der Waals surface area contributed by atoms with E-state index in [-0.39, 0.29) is 5.41 Å². The summed E-state index contributed by atoms with van der Waals surface area (Å²) >= 11 is 0. The van der Waals surface area contributed by atoms with Crippen LogP contribution in [0.25, 0.3) is 43.8 Å². The van der Waals surface area contributed by atoms with Crippen LogP contribution in [0.5, 0.6) is 23.0 Å². The van der Waals surface area contributed by atoms with Crippen molar-refractivity contribution in [3.63, 3.8) is 0 Å². The minimum absolute atomic E-state index is 0.0281. The third-order valence-electron chi connectivity index (χ3n) is 7.42. The molecule has 0 N–H and O–H groups in total. The first-order valence-electron chi connectivity index (χ1n) is 13.1. The monoisotopic (exact) mass is 492 g/mol. The van der Waals surface area contributed by atoms with Gasteiger partial charge < -0.3 is 9.47 Å². The van der Waals surface area contributed by atoms with E-state index >= 15 is 0 Å². The maximum absolute atomic E-state index is 6.14. The Morgan fingerprint density at radius 3 is 1.45 bits per heavy atom. The van der Waals surface area contributed by atoms with Crippen LogP contribution in [-0.4, -0.2) is 0 Å². The Balaban J connectivity index is 1.34. The normalized spacial score (nSPS) is 12.5. The van der Waals surface area contributed by atoms with E-state index in [0.29, 0.717) is 0 Å². The molecule has 0 radical (unpaired) electrons. The van der Waals surface area contributed by atoms with E-state index in [2.05, 4.69) is 106 Å². The lowest BCUT2D eigenvalue weighted by Crippen LogP contribution is -2.13. The first-order valence-corrected chi connectivity index (χ1v) is 13.1. The van der Waals surface area contributed by atoms with Crippen molar-refractivity contribution in [2.24, 2.45) is 0 Å². The first kappa shape index (κ1) is 22.6. The number of hydrogen-bond acceptors (Lipinski definition) is 2. The highest BCUT2D eigenvalue weighted by molar-refractivity contribution is 6.15. The summed E-state index contributed by atoms with van der Waals surface area (Å²) < 4.78 is 12.2. The van der Waals surface area contributed by atoms with Gasteiger partial charge in [0.05, 0.1) is 0 Å². The molecule has 0 aromatic heterocycles. The Hall–Kier alpha value is -4.56. The second kappa shape index (κ2) is 8.49. The lowest BCUT2D eigenvalue weighted by Gasteiger charge is -2.26. The predicted octanol–water partition coefficient (Wildman–Crippen LogP) is 10.5. The van der Waals surface area contributed by atoms with E-state index < -0.39 is 0 Å². The van der Waals surface area contributed by atoms with Gasteiger partial charge in [-0.3, -0.25) is 0 Å². The predicted molar refractivity (Wildman–Crippen MR) is 158 cm³/mol. The fourth-order valence-corrected chi connectivity index (χ4v) is 5.78. The van der Waals surface area contributed by atoms with Gasteiger partial charge in [0, 0.05) is 0 Å². The van der Waals surface area contributed by atoms with Gasteiger partial charge in [0.15, 0.2) is 23.0 Å². The molecule has 0 atom stereocenters. The van der Waals surface area contributed by atoms with Crippen molar-refractivity contribution in [3.8, 4) is 45.3 Å². The molecule has 0 saturated heterocycles. The van der Waals surface area contributed by atoms with E-state index in [0.717, 1.165) is 34.1 Å². The van der Waals surface area contributed by atoms with E-state index in [4.69, 9.17) is 9.47 Å². The molecular weight excluding hydrogens is 464 g/mol. The maximum Gasteiger partial charge on any atom is 0.170 e. The molecule has 1 heterocycles. The fraction of sp³-hybridized carbons (Fsp3) is 0.111. The zero-order chi connectivity index (χ0) is 25.9. The molecule has 0 bridgehead atoms. The Labute approximate surface area is 223 Å². The zero-order valence-corrected chi connectivity index (χ0v) is 21.8. The third-order valence-corrected chi connectivity index (χ3v) is 7.42. The fourth-order valence-electron chi connectivity index (χ4n) is 5.78. The lowest BCUT2D eigenvalue weighted by molar-refractivity contribution is 0.360. The van der Waals surface area contributed by atoms with Crippen molar-refractivity contribution >= 4 is 21.5 Å². The topological polar surface area (TPSA) is 18.5 Å². The SMILES string of the molecule is CC(C)(C)c1c2ccccc2c(-c2ccc(-c3ccc4c(c3)Oc3ccccc3O4)cc2)c2ccccc12. The van der Waals surface area contributed by atoms with Crippen LogP contribution in [0, 0.1) is 0 Å². The van der Waals surface area contributed by atoms with Crippen LogP contribution in [0.15, 0.2) is 115 Å². The van der Waals surface area contributed by atoms with Crippen molar-refractivity contribution in [2.75, 3.05) is 0 Å². The molecule has 6 aromatic rings. The summed E-state index contributed by atoms with van der Waals surface area (Å²) in [6.45, 7) is 6.92. The quantitative estimate of drug-likeness (QED) is 0.223. The molecule has 7 rings (SSSR count). The summed E-state index contributed by atoms with van der Waals surface area (Å²) in [6, 6.07) is 40.5. The van der Waals surface area contributed by atoms with Crippen LogP contribution >= 0.6 is 0 Å². The highest BCUT2D eigenvalue weighted by Gasteiger charge is 2.23. The number of benzene rings is 6. The summed E-state index contributed by atoms with van der Waals surface area (Å²) in [7, 11) is 0. The van der Waals surface area contributed by atoms with Crippen molar-refractivity contribution in [1.82, 2.24) is 0 Å². The number of ether oxygens (including phenoxy) is 2. The Kier molecular flexibility index (Phi) is 5.06. The van der Waals surface area contributed by atoms with Crippen LogP contribution in [-0.2, 0) is 5.41 Å². The molecule has 1 aliphatic rings. The van der Waals surface area contributed by atoms with Gasteiger partial charge in [-0.1, -0.05) is 112 Å². The summed E-state index contributed by atoms with van der Waals surface area (Å²) in [5, 5.41) is 5.23. The Morgan fingerprint density at radius 1 is 0.421 bits per heavy atom. The van der Waals surface area contributed by atoms with Crippen molar-refractivity contribution in [2.45, 2.75) is 26.2 Å². The molecule has 0 amide bonds. The molecule has 38 heavy (non-hydrogen) atoms. The summed E-state index contributed by atoms with van der Waals surface area (Å²) in [5.74, 6) is 2.96. The van der Waals surface area contributed by atoms with Gasteiger partial charge in [-0.25, -0.2) is 0 Å². The van der Waals surface area contributed by atoms with Gasteiger partial charge in [0.1, 0.15) is 0 Å². The van der Waals surface area contributed by atoms with E-state index in [1.165, 1.54) is 38.2 Å². The van der Waals surface area contributed by atoms with Gasteiger partial charge in [-0.15, -0.1) is 0 Å². The van der Waals surface area contributed by atoms with E-state index in [9.17, 15) is 0 Å². The summed E-state index contributed by atoms with van der Waals surface area (Å²) in [4.78, 5) is 0. The van der Waals surface area contributed by atoms with Gasteiger partial charge in [-0.2, -0.15) is 0 Å². The third kappa shape index (κ3) is 3.64. The second-order valence-corrected chi connectivity index (χ2v) is 11.0. The lowest BCUT2D eigenvalue weighted by atomic mass is 9.78. The summed E-state index contributed by atoms with van der Waals surface area (Å²) in [5.41, 5.74) is 6.17. The van der Waals surface area contributed by atoms with Crippen LogP contribution in [0.2, 0.25) is 0 Å². The molecule has 0 saturated carbocycles. The number of fused-ring (bicyclic) bond motifs is 4. The molecule has 6 aromatic carbocycles. The zero-order valence-electron chi connectivity index (χ0n) is 21.8. The van der Waals surface area contributed by atoms with Gasteiger partial charge in [0.25, 0.3) is 0 Å². The molecule has 1 aliphatic heterocycles. The standard InChI is InChI=1S/C36H28O2/c1-36(2,3)35-28-12-6-4-10-26(28)34(27-11-5-7-13-29(27)35)24-18-16-23(17-19-24)25-20-21-32-33(22-25)38-31-15-9-8-14-30(31)37-32/h4-22H,1-3H3. The molecule has 0 aliphatic carbocycles. The number of hydrogen-bond donors (Lipinski definition) is 0. The van der Waals surface area contributed by atoms with Crippen LogP contribution < -0.4 is 9.47 Å². The highest BCUT2D eigenvalue weighted by atomic mass is 16.6. The minimum Gasteiger partial charge on any atom is -0.450 e. The molecule has 184 valence electrons. The largest absolute Gasteiger partial charge is 0.450 e. The van der Waals surface area contributed by atoms with Gasteiger partial charge >= 0.3 is 0 Å². The maximum atomic E-state index is 6.14. The van der Waals surface area contributed by atoms with Gasteiger partial charge in [-0.05, 0) is 79.0 Å². The second-order valence-electron chi connectivity index (χ2n) is 11.0. The van der Waals surface area contributed by atoms with Crippen LogP contribution in [0.1, 0.15) is 26.3 Å². The average Bonchev–Trinajstić information content (AvgIpc) is 2.94. The van der Waals surface area contributed by atoms with Crippen LogP contribution in [0.3, 0.4) is 0 Å². The number of rotatable bonds is 2. The van der Waals surface area contributed by atoms with E-state index in [1.807, 2.05) is 30.3 Å². The minimum atomic E-state index is 0.0281. The molecule has 0 unspecified atom stereocenters.